The molecule has 0 radical (unpaired) electrons. The van der Waals surface area contributed by atoms with E-state index < -0.39 is 47.6 Å². The number of piperazine rings is 1. The second-order valence-corrected chi connectivity index (χ2v) is 4.40. The van der Waals surface area contributed by atoms with Crippen molar-refractivity contribution < 1.29 is 27.9 Å². The summed E-state index contributed by atoms with van der Waals surface area (Å²) in [6.45, 7) is -0.532. The van der Waals surface area contributed by atoms with E-state index in [1.165, 1.54) is 0 Å². The standard InChI is InChI=1S/C13H12F2N2O4/c1-21-13(20)10-5-16-11(18)6-17(10)12(19)8-3-2-7(14)4-9(8)15/h2-4,10H,5-6H2,1H3,(H,16,18)/t10-/m0/s1. The number of ether oxygens (including phenoxy) is 1. The molecule has 112 valence electrons. The van der Waals surface area contributed by atoms with Crippen LogP contribution < -0.4 is 5.32 Å². The van der Waals surface area contributed by atoms with E-state index in [2.05, 4.69) is 10.1 Å². The topological polar surface area (TPSA) is 75.7 Å². The summed E-state index contributed by atoms with van der Waals surface area (Å²) in [5.41, 5.74) is -0.417. The summed E-state index contributed by atoms with van der Waals surface area (Å²) >= 11 is 0. The van der Waals surface area contributed by atoms with E-state index in [4.69, 9.17) is 0 Å². The smallest absolute Gasteiger partial charge is 0.330 e. The molecule has 6 nitrogen and oxygen atoms in total. The van der Waals surface area contributed by atoms with Crippen molar-refractivity contribution in [3.63, 3.8) is 0 Å². The Bertz CT molecular complexity index is 606. The molecule has 0 saturated carbocycles. The third-order valence-electron chi connectivity index (χ3n) is 3.08. The van der Waals surface area contributed by atoms with Crippen LogP contribution in [0.25, 0.3) is 0 Å². The van der Waals surface area contributed by atoms with Crippen molar-refractivity contribution in [3.8, 4) is 0 Å². The number of benzene rings is 1. The van der Waals surface area contributed by atoms with Gasteiger partial charge in [-0.15, -0.1) is 0 Å². The third-order valence-corrected chi connectivity index (χ3v) is 3.08. The minimum absolute atomic E-state index is 0.125. The molecule has 1 N–H and O–H groups in total. The lowest BCUT2D eigenvalue weighted by molar-refractivity contribution is -0.147. The monoisotopic (exact) mass is 298 g/mol. The molecule has 1 saturated heterocycles. The number of hydrogen-bond acceptors (Lipinski definition) is 4. The lowest BCUT2D eigenvalue weighted by Gasteiger charge is -2.33. The summed E-state index contributed by atoms with van der Waals surface area (Å²) in [4.78, 5) is 36.2. The van der Waals surface area contributed by atoms with Gasteiger partial charge in [-0.05, 0) is 12.1 Å². The molecule has 1 heterocycles. The normalized spacial score (nSPS) is 18.1. The summed E-state index contributed by atoms with van der Waals surface area (Å²) < 4.78 is 31.1. The van der Waals surface area contributed by atoms with Crippen molar-refractivity contribution in [2.75, 3.05) is 20.2 Å². The number of carbonyl (C=O) groups is 3. The first-order valence-corrected chi connectivity index (χ1v) is 6.04. The Hall–Kier alpha value is -2.51. The predicted molar refractivity (Wildman–Crippen MR) is 66.2 cm³/mol. The molecule has 0 unspecified atom stereocenters. The van der Waals surface area contributed by atoms with Crippen molar-refractivity contribution in [1.82, 2.24) is 10.2 Å². The van der Waals surface area contributed by atoms with Crippen LogP contribution in [-0.4, -0.2) is 48.9 Å². The first kappa shape index (κ1) is 14.9. The largest absolute Gasteiger partial charge is 0.467 e. The molecule has 2 amide bonds. The Morgan fingerprint density at radius 1 is 1.38 bits per heavy atom. The number of halogens is 2. The molecule has 1 aliphatic heterocycles. The predicted octanol–water partition coefficient (Wildman–Crippen LogP) is 0.0784. The molecule has 1 aliphatic rings. The van der Waals surface area contributed by atoms with Crippen LogP contribution in [-0.2, 0) is 14.3 Å². The minimum Gasteiger partial charge on any atom is -0.467 e. The van der Waals surface area contributed by atoms with Crippen LogP contribution in [0.2, 0.25) is 0 Å². The van der Waals surface area contributed by atoms with Gasteiger partial charge in [-0.25, -0.2) is 13.6 Å². The maximum Gasteiger partial charge on any atom is 0.330 e. The number of hydrogen-bond donors (Lipinski definition) is 1. The van der Waals surface area contributed by atoms with Gasteiger partial charge in [0.05, 0.1) is 12.7 Å². The van der Waals surface area contributed by atoms with Crippen molar-refractivity contribution in [1.29, 1.82) is 0 Å². The highest BCUT2D eigenvalue weighted by Gasteiger charge is 2.37. The summed E-state index contributed by atoms with van der Waals surface area (Å²) in [5, 5.41) is 2.42. The van der Waals surface area contributed by atoms with Crippen LogP contribution in [0.1, 0.15) is 10.4 Å². The lowest BCUT2D eigenvalue weighted by Crippen LogP contribution is -2.59. The minimum atomic E-state index is -1.06. The highest BCUT2D eigenvalue weighted by molar-refractivity contribution is 6.00. The van der Waals surface area contributed by atoms with Crippen molar-refractivity contribution >= 4 is 17.8 Å². The Balaban J connectivity index is 2.33. The SMILES string of the molecule is COC(=O)[C@@H]1CNC(=O)CN1C(=O)c1ccc(F)cc1F. The molecule has 8 heteroatoms. The Kier molecular flexibility index (Phi) is 4.15. The summed E-state index contributed by atoms with van der Waals surface area (Å²) in [5.74, 6) is -3.98. The van der Waals surface area contributed by atoms with Crippen LogP contribution in [0.3, 0.4) is 0 Å². The van der Waals surface area contributed by atoms with E-state index in [0.717, 1.165) is 24.1 Å². The number of carbonyl (C=O) groups excluding carboxylic acids is 3. The quantitative estimate of drug-likeness (QED) is 0.785. The third kappa shape index (κ3) is 2.99. The molecular weight excluding hydrogens is 286 g/mol. The average Bonchev–Trinajstić information content (AvgIpc) is 2.45. The molecule has 1 fully saturated rings. The zero-order valence-electron chi connectivity index (χ0n) is 11.1. The number of nitrogens with zero attached hydrogens (tertiary/aromatic N) is 1. The van der Waals surface area contributed by atoms with E-state index in [1.807, 2.05) is 0 Å². The van der Waals surface area contributed by atoms with Gasteiger partial charge >= 0.3 is 5.97 Å². The van der Waals surface area contributed by atoms with Crippen LogP contribution in [0.4, 0.5) is 8.78 Å². The summed E-state index contributed by atoms with van der Waals surface area (Å²) in [6, 6.07) is 1.40. The fraction of sp³-hybridized carbons (Fsp3) is 0.308. The molecule has 0 spiro atoms. The van der Waals surface area contributed by atoms with Gasteiger partial charge in [-0.3, -0.25) is 9.59 Å². The van der Waals surface area contributed by atoms with Crippen LogP contribution in [0, 0.1) is 11.6 Å². The average molecular weight is 298 g/mol. The maximum absolute atomic E-state index is 13.7. The molecule has 21 heavy (non-hydrogen) atoms. The Morgan fingerprint density at radius 3 is 2.71 bits per heavy atom. The van der Waals surface area contributed by atoms with E-state index in [1.54, 1.807) is 0 Å². The number of nitrogens with one attached hydrogen (secondary N) is 1. The number of amides is 2. The van der Waals surface area contributed by atoms with Crippen molar-refractivity contribution in [3.05, 3.63) is 35.4 Å². The fourth-order valence-corrected chi connectivity index (χ4v) is 2.02. The van der Waals surface area contributed by atoms with Gasteiger partial charge < -0.3 is 15.0 Å². The number of esters is 1. The second-order valence-electron chi connectivity index (χ2n) is 4.40. The van der Waals surface area contributed by atoms with Crippen molar-refractivity contribution in [2.24, 2.45) is 0 Å². The van der Waals surface area contributed by atoms with Gasteiger partial charge in [0, 0.05) is 12.6 Å². The Morgan fingerprint density at radius 2 is 2.10 bits per heavy atom. The summed E-state index contributed by atoms with van der Waals surface area (Å²) in [6.07, 6.45) is 0. The zero-order valence-corrected chi connectivity index (χ0v) is 11.1. The van der Waals surface area contributed by atoms with Gasteiger partial charge in [0.2, 0.25) is 5.91 Å². The fourth-order valence-electron chi connectivity index (χ4n) is 2.02. The second kappa shape index (κ2) is 5.86. The molecule has 0 aliphatic carbocycles. The van der Waals surface area contributed by atoms with E-state index in [0.29, 0.717) is 6.07 Å². The van der Waals surface area contributed by atoms with Gasteiger partial charge in [0.1, 0.15) is 24.2 Å². The number of rotatable bonds is 2. The Labute approximate surface area is 118 Å². The first-order chi connectivity index (χ1) is 9.93. The molecule has 1 atom stereocenters. The molecule has 0 bridgehead atoms. The van der Waals surface area contributed by atoms with Crippen LogP contribution >= 0.6 is 0 Å². The molecule has 2 rings (SSSR count). The van der Waals surface area contributed by atoms with Gasteiger partial charge in [0.15, 0.2) is 0 Å². The van der Waals surface area contributed by atoms with E-state index >= 15 is 0 Å². The lowest BCUT2D eigenvalue weighted by atomic mass is 10.1. The van der Waals surface area contributed by atoms with E-state index in [9.17, 15) is 23.2 Å². The highest BCUT2D eigenvalue weighted by atomic mass is 19.1. The maximum atomic E-state index is 13.7. The number of methoxy groups -OCH3 is 1. The van der Waals surface area contributed by atoms with Gasteiger partial charge in [-0.1, -0.05) is 0 Å². The molecular formula is C13H12F2N2O4. The van der Waals surface area contributed by atoms with Crippen LogP contribution in [0.15, 0.2) is 18.2 Å². The molecule has 1 aromatic rings. The molecule has 0 aromatic heterocycles. The van der Waals surface area contributed by atoms with E-state index in [-0.39, 0.29) is 6.54 Å². The summed E-state index contributed by atoms with van der Waals surface area (Å²) in [7, 11) is 1.14. The molecule has 1 aromatic carbocycles. The zero-order chi connectivity index (χ0) is 15.6. The van der Waals surface area contributed by atoms with Crippen molar-refractivity contribution in [2.45, 2.75) is 6.04 Å². The van der Waals surface area contributed by atoms with Gasteiger partial charge in [-0.2, -0.15) is 0 Å². The van der Waals surface area contributed by atoms with Gasteiger partial charge in [0.25, 0.3) is 5.91 Å². The first-order valence-electron chi connectivity index (χ1n) is 6.04. The highest BCUT2D eigenvalue weighted by Crippen LogP contribution is 2.16. The van der Waals surface area contributed by atoms with Crippen LogP contribution in [0.5, 0.6) is 0 Å².